The summed E-state index contributed by atoms with van der Waals surface area (Å²) in [4.78, 5) is 12.5. The molecule has 0 bridgehead atoms. The molecule has 0 aliphatic carbocycles. The number of thioether (sulfide) groups is 1. The largest absolute Gasteiger partial charge is 0.381 e. The van der Waals surface area contributed by atoms with Crippen LogP contribution in [0.4, 0.5) is 11.4 Å². The van der Waals surface area contributed by atoms with Crippen molar-refractivity contribution in [3.8, 4) is 0 Å². The predicted octanol–water partition coefficient (Wildman–Crippen LogP) is 4.00. The van der Waals surface area contributed by atoms with Crippen molar-refractivity contribution in [2.45, 2.75) is 11.4 Å². The van der Waals surface area contributed by atoms with Gasteiger partial charge in [-0.2, -0.15) is 0 Å². The SMILES string of the molecule is O=C1CSc2ccc(NCc3cccc(Cl)c3)cc2N1. The molecule has 2 aromatic carbocycles. The number of carbonyl (C=O) groups excluding carboxylic acids is 1. The maximum atomic E-state index is 11.4. The zero-order chi connectivity index (χ0) is 13.9. The Morgan fingerprint density at radius 3 is 3.00 bits per heavy atom. The van der Waals surface area contributed by atoms with Gasteiger partial charge in [-0.25, -0.2) is 0 Å². The Morgan fingerprint density at radius 2 is 2.15 bits per heavy atom. The standard InChI is InChI=1S/C15H13ClN2OS/c16-11-3-1-2-10(6-11)8-17-12-4-5-14-13(7-12)18-15(19)9-20-14/h1-7,17H,8-9H2,(H,18,19). The molecule has 0 radical (unpaired) electrons. The summed E-state index contributed by atoms with van der Waals surface area (Å²) in [7, 11) is 0. The Balaban J connectivity index is 1.72. The van der Waals surface area contributed by atoms with Crippen LogP contribution in [0.25, 0.3) is 0 Å². The minimum Gasteiger partial charge on any atom is -0.381 e. The molecule has 1 amide bonds. The maximum absolute atomic E-state index is 11.4. The topological polar surface area (TPSA) is 41.1 Å². The third-order valence-corrected chi connectivity index (χ3v) is 4.31. The normalized spacial score (nSPS) is 13.6. The molecule has 2 aromatic rings. The molecule has 0 saturated carbocycles. The van der Waals surface area contributed by atoms with Crippen LogP contribution in [0.15, 0.2) is 47.4 Å². The van der Waals surface area contributed by atoms with E-state index in [9.17, 15) is 4.79 Å². The number of anilines is 2. The highest BCUT2D eigenvalue weighted by atomic mass is 35.5. The summed E-state index contributed by atoms with van der Waals surface area (Å²) in [5, 5.41) is 6.96. The molecule has 2 N–H and O–H groups in total. The lowest BCUT2D eigenvalue weighted by molar-refractivity contribution is -0.113. The van der Waals surface area contributed by atoms with Gasteiger partial charge in [0, 0.05) is 22.2 Å². The van der Waals surface area contributed by atoms with E-state index in [0.29, 0.717) is 12.3 Å². The molecule has 1 heterocycles. The lowest BCUT2D eigenvalue weighted by Gasteiger charge is -2.17. The van der Waals surface area contributed by atoms with Crippen LogP contribution < -0.4 is 10.6 Å². The van der Waals surface area contributed by atoms with E-state index in [1.807, 2.05) is 42.5 Å². The monoisotopic (exact) mass is 304 g/mol. The first-order chi connectivity index (χ1) is 9.70. The quantitative estimate of drug-likeness (QED) is 0.900. The molecule has 0 saturated heterocycles. The van der Waals surface area contributed by atoms with Crippen molar-refractivity contribution in [1.29, 1.82) is 0 Å². The second-order valence-corrected chi connectivity index (χ2v) is 5.98. The molecular weight excluding hydrogens is 292 g/mol. The maximum Gasteiger partial charge on any atom is 0.234 e. The predicted molar refractivity (Wildman–Crippen MR) is 84.6 cm³/mol. The van der Waals surface area contributed by atoms with Gasteiger partial charge >= 0.3 is 0 Å². The fourth-order valence-electron chi connectivity index (χ4n) is 2.04. The van der Waals surface area contributed by atoms with Crippen molar-refractivity contribution < 1.29 is 4.79 Å². The van der Waals surface area contributed by atoms with E-state index in [2.05, 4.69) is 10.6 Å². The lowest BCUT2D eigenvalue weighted by Crippen LogP contribution is -2.18. The van der Waals surface area contributed by atoms with Gasteiger partial charge in [-0.1, -0.05) is 23.7 Å². The van der Waals surface area contributed by atoms with Gasteiger partial charge in [0.05, 0.1) is 11.4 Å². The smallest absolute Gasteiger partial charge is 0.234 e. The average molecular weight is 305 g/mol. The van der Waals surface area contributed by atoms with Gasteiger partial charge in [0.15, 0.2) is 0 Å². The number of fused-ring (bicyclic) bond motifs is 1. The Hall–Kier alpha value is -1.65. The van der Waals surface area contributed by atoms with E-state index < -0.39 is 0 Å². The van der Waals surface area contributed by atoms with Crippen LogP contribution in [-0.2, 0) is 11.3 Å². The molecule has 0 spiro atoms. The fraction of sp³-hybridized carbons (Fsp3) is 0.133. The number of halogens is 1. The van der Waals surface area contributed by atoms with Gasteiger partial charge < -0.3 is 10.6 Å². The second kappa shape index (κ2) is 5.77. The first-order valence-electron chi connectivity index (χ1n) is 6.26. The Labute approximate surface area is 126 Å². The Kier molecular flexibility index (Phi) is 3.85. The van der Waals surface area contributed by atoms with Gasteiger partial charge in [-0.3, -0.25) is 4.79 Å². The molecule has 20 heavy (non-hydrogen) atoms. The van der Waals surface area contributed by atoms with Crippen molar-refractivity contribution in [2.75, 3.05) is 16.4 Å². The van der Waals surface area contributed by atoms with Gasteiger partial charge in [-0.15, -0.1) is 11.8 Å². The first-order valence-corrected chi connectivity index (χ1v) is 7.62. The lowest BCUT2D eigenvalue weighted by atomic mass is 10.2. The molecule has 1 aliphatic rings. The number of nitrogens with one attached hydrogen (secondary N) is 2. The van der Waals surface area contributed by atoms with Crippen molar-refractivity contribution in [1.82, 2.24) is 0 Å². The summed E-state index contributed by atoms with van der Waals surface area (Å²) in [6.45, 7) is 0.695. The summed E-state index contributed by atoms with van der Waals surface area (Å²) in [5.41, 5.74) is 2.97. The summed E-state index contributed by atoms with van der Waals surface area (Å²) < 4.78 is 0. The third-order valence-electron chi connectivity index (χ3n) is 3.00. The van der Waals surface area contributed by atoms with Crippen molar-refractivity contribution in [3.05, 3.63) is 53.1 Å². The average Bonchev–Trinajstić information content (AvgIpc) is 2.45. The molecule has 0 unspecified atom stereocenters. The van der Waals surface area contributed by atoms with Crippen LogP contribution in [0.1, 0.15) is 5.56 Å². The molecule has 102 valence electrons. The van der Waals surface area contributed by atoms with Gasteiger partial charge in [0.2, 0.25) is 5.91 Å². The van der Waals surface area contributed by atoms with E-state index in [1.165, 1.54) is 0 Å². The van der Waals surface area contributed by atoms with E-state index in [-0.39, 0.29) is 5.91 Å². The van der Waals surface area contributed by atoms with E-state index in [1.54, 1.807) is 11.8 Å². The summed E-state index contributed by atoms with van der Waals surface area (Å²) in [6.07, 6.45) is 0. The van der Waals surface area contributed by atoms with Crippen LogP contribution in [-0.4, -0.2) is 11.7 Å². The Bertz CT molecular complexity index is 660. The third kappa shape index (κ3) is 3.08. The molecule has 3 nitrogen and oxygen atoms in total. The van der Waals surface area contributed by atoms with Gasteiger partial charge in [0.1, 0.15) is 0 Å². The summed E-state index contributed by atoms with van der Waals surface area (Å²) >= 11 is 7.52. The van der Waals surface area contributed by atoms with E-state index in [0.717, 1.165) is 26.9 Å². The van der Waals surface area contributed by atoms with E-state index in [4.69, 9.17) is 11.6 Å². The number of carbonyl (C=O) groups is 1. The van der Waals surface area contributed by atoms with Crippen molar-refractivity contribution in [2.24, 2.45) is 0 Å². The zero-order valence-electron chi connectivity index (χ0n) is 10.7. The van der Waals surface area contributed by atoms with Crippen molar-refractivity contribution >= 4 is 40.6 Å². The fourth-order valence-corrected chi connectivity index (χ4v) is 3.05. The molecule has 0 aromatic heterocycles. The molecule has 0 atom stereocenters. The van der Waals surface area contributed by atoms with Crippen LogP contribution in [0.2, 0.25) is 5.02 Å². The van der Waals surface area contributed by atoms with Crippen LogP contribution in [0, 0.1) is 0 Å². The molecule has 3 rings (SSSR count). The highest BCUT2D eigenvalue weighted by Crippen LogP contribution is 2.33. The van der Waals surface area contributed by atoms with Crippen molar-refractivity contribution in [3.63, 3.8) is 0 Å². The molecule has 0 fully saturated rings. The Morgan fingerprint density at radius 1 is 1.25 bits per heavy atom. The number of hydrogen-bond acceptors (Lipinski definition) is 3. The molecule has 1 aliphatic heterocycles. The number of rotatable bonds is 3. The van der Waals surface area contributed by atoms with E-state index >= 15 is 0 Å². The second-order valence-electron chi connectivity index (χ2n) is 4.53. The van der Waals surface area contributed by atoms with Crippen LogP contribution >= 0.6 is 23.4 Å². The minimum atomic E-state index is 0.0505. The minimum absolute atomic E-state index is 0.0505. The summed E-state index contributed by atoms with van der Waals surface area (Å²) in [6, 6.07) is 13.8. The first kappa shape index (κ1) is 13.3. The molecular formula is C15H13ClN2OS. The zero-order valence-corrected chi connectivity index (χ0v) is 12.2. The number of hydrogen-bond donors (Lipinski definition) is 2. The summed E-state index contributed by atoms with van der Waals surface area (Å²) in [5.74, 6) is 0.539. The van der Waals surface area contributed by atoms with Crippen LogP contribution in [0.3, 0.4) is 0 Å². The number of benzene rings is 2. The highest BCUT2D eigenvalue weighted by molar-refractivity contribution is 8.00. The number of amides is 1. The van der Waals surface area contributed by atoms with Crippen LogP contribution in [0.5, 0.6) is 0 Å². The molecule has 5 heteroatoms. The highest BCUT2D eigenvalue weighted by Gasteiger charge is 2.15. The van der Waals surface area contributed by atoms with Gasteiger partial charge in [-0.05, 0) is 35.9 Å². The van der Waals surface area contributed by atoms with Gasteiger partial charge in [0.25, 0.3) is 0 Å².